The van der Waals surface area contributed by atoms with Gasteiger partial charge in [0.25, 0.3) is 5.91 Å². The highest BCUT2D eigenvalue weighted by Gasteiger charge is 2.14. The molecule has 128 valence electrons. The number of nitrogens with zero attached hydrogens (tertiary/aromatic N) is 2. The van der Waals surface area contributed by atoms with E-state index in [-0.39, 0.29) is 12.1 Å². The fraction of sp³-hybridized carbons (Fsp3) is 0.0526. The van der Waals surface area contributed by atoms with Gasteiger partial charge in [-0.2, -0.15) is 5.10 Å². The van der Waals surface area contributed by atoms with Crippen LogP contribution >= 0.6 is 0 Å². The molecule has 0 bridgehead atoms. The van der Waals surface area contributed by atoms with E-state index in [0.717, 1.165) is 5.56 Å². The largest absolute Gasteiger partial charge is 0.422 e. The van der Waals surface area contributed by atoms with Gasteiger partial charge in [-0.3, -0.25) is 9.89 Å². The Hall–Kier alpha value is -3.74. The summed E-state index contributed by atoms with van der Waals surface area (Å²) in [4.78, 5) is 28.7. The minimum absolute atomic E-state index is 0.0495. The van der Waals surface area contributed by atoms with Crippen LogP contribution in [-0.2, 0) is 6.54 Å². The number of aromatic amines is 1. The highest BCUT2D eigenvalue weighted by molar-refractivity contribution is 5.96. The Labute approximate surface area is 147 Å². The first-order chi connectivity index (χ1) is 12.7. The fourth-order valence-corrected chi connectivity index (χ4v) is 2.57. The minimum atomic E-state index is -0.677. The number of H-pyrrole nitrogens is 1. The molecule has 0 aliphatic carbocycles. The summed E-state index contributed by atoms with van der Waals surface area (Å²) in [6.45, 7) is 0.116. The van der Waals surface area contributed by atoms with Crippen LogP contribution in [0.15, 0.2) is 69.9 Å². The van der Waals surface area contributed by atoms with Gasteiger partial charge >= 0.3 is 5.63 Å². The van der Waals surface area contributed by atoms with Crippen LogP contribution in [0.25, 0.3) is 22.4 Å². The second-order valence-corrected chi connectivity index (χ2v) is 5.64. The zero-order valence-corrected chi connectivity index (χ0v) is 13.6. The Bertz CT molecular complexity index is 1130. The molecule has 0 aliphatic rings. The molecule has 0 aliphatic heterocycles. The summed E-state index contributed by atoms with van der Waals surface area (Å²) in [6.07, 6.45) is 0. The van der Waals surface area contributed by atoms with E-state index in [2.05, 4.69) is 20.5 Å². The van der Waals surface area contributed by atoms with Crippen LogP contribution in [0.2, 0.25) is 0 Å². The van der Waals surface area contributed by atoms with E-state index >= 15 is 0 Å². The molecule has 0 unspecified atom stereocenters. The van der Waals surface area contributed by atoms with E-state index in [1.54, 1.807) is 18.2 Å². The fourth-order valence-electron chi connectivity index (χ4n) is 2.57. The monoisotopic (exact) mass is 346 g/mol. The summed E-state index contributed by atoms with van der Waals surface area (Å²) in [7, 11) is 0. The Morgan fingerprint density at radius 3 is 2.69 bits per heavy atom. The van der Waals surface area contributed by atoms with E-state index in [9.17, 15) is 9.59 Å². The number of hydrogen-bond acceptors (Lipinski definition) is 5. The quantitative estimate of drug-likeness (QED) is 0.553. The highest BCUT2D eigenvalue weighted by atomic mass is 16.4. The SMILES string of the molecule is O=C(NCc1nc(-c2ccccc2)n[nH]1)c1cc2ccccc2oc1=O. The molecule has 2 aromatic heterocycles. The molecule has 4 rings (SSSR count). The number of carbonyl (C=O) groups excluding carboxylic acids is 1. The van der Waals surface area contributed by atoms with E-state index in [1.807, 2.05) is 36.4 Å². The van der Waals surface area contributed by atoms with Crippen LogP contribution < -0.4 is 10.9 Å². The number of carbonyl (C=O) groups is 1. The molecule has 26 heavy (non-hydrogen) atoms. The molecule has 1 amide bonds. The normalized spacial score (nSPS) is 10.8. The van der Waals surface area contributed by atoms with Gasteiger partial charge in [-0.15, -0.1) is 0 Å². The summed E-state index contributed by atoms with van der Waals surface area (Å²) >= 11 is 0. The predicted octanol–water partition coefficient (Wildman–Crippen LogP) is 2.51. The molecule has 0 spiro atoms. The number of amides is 1. The van der Waals surface area contributed by atoms with E-state index in [0.29, 0.717) is 22.6 Å². The molecule has 4 aromatic rings. The van der Waals surface area contributed by atoms with E-state index < -0.39 is 11.5 Å². The van der Waals surface area contributed by atoms with Gasteiger partial charge in [-0.05, 0) is 12.1 Å². The average Bonchev–Trinajstić information content (AvgIpc) is 3.15. The number of benzene rings is 2. The maximum Gasteiger partial charge on any atom is 0.349 e. The Morgan fingerprint density at radius 1 is 1.08 bits per heavy atom. The van der Waals surface area contributed by atoms with Gasteiger partial charge in [-0.1, -0.05) is 48.5 Å². The van der Waals surface area contributed by atoms with Crippen LogP contribution in [-0.4, -0.2) is 21.1 Å². The molecule has 0 atom stereocenters. The molecule has 0 radical (unpaired) electrons. The van der Waals surface area contributed by atoms with Crippen LogP contribution in [0.3, 0.4) is 0 Å². The van der Waals surface area contributed by atoms with Gasteiger partial charge in [0.2, 0.25) is 0 Å². The number of aromatic nitrogens is 3. The van der Waals surface area contributed by atoms with Crippen LogP contribution in [0.5, 0.6) is 0 Å². The smallest absolute Gasteiger partial charge is 0.349 e. The Kier molecular flexibility index (Phi) is 4.03. The number of hydrogen-bond donors (Lipinski definition) is 2. The maximum absolute atomic E-state index is 12.3. The third-order valence-electron chi connectivity index (χ3n) is 3.87. The lowest BCUT2D eigenvalue weighted by Gasteiger charge is -2.03. The summed E-state index contributed by atoms with van der Waals surface area (Å²) in [5, 5.41) is 10.2. The first-order valence-corrected chi connectivity index (χ1v) is 7.98. The second kappa shape index (κ2) is 6.64. The van der Waals surface area contributed by atoms with Gasteiger partial charge in [0, 0.05) is 10.9 Å². The molecule has 2 N–H and O–H groups in total. The van der Waals surface area contributed by atoms with Crippen molar-refractivity contribution in [2.45, 2.75) is 6.54 Å². The van der Waals surface area contributed by atoms with E-state index in [4.69, 9.17) is 4.42 Å². The number of nitrogens with one attached hydrogen (secondary N) is 2. The van der Waals surface area contributed by atoms with Crippen molar-refractivity contribution in [3.8, 4) is 11.4 Å². The van der Waals surface area contributed by atoms with Crippen molar-refractivity contribution in [1.82, 2.24) is 20.5 Å². The van der Waals surface area contributed by atoms with Crippen molar-refractivity contribution in [3.63, 3.8) is 0 Å². The average molecular weight is 346 g/mol. The van der Waals surface area contributed by atoms with Crippen molar-refractivity contribution in [2.75, 3.05) is 0 Å². The third-order valence-corrected chi connectivity index (χ3v) is 3.87. The maximum atomic E-state index is 12.3. The number of rotatable bonds is 4. The van der Waals surface area contributed by atoms with Gasteiger partial charge in [0.05, 0.1) is 6.54 Å². The molecule has 0 saturated heterocycles. The molecule has 2 heterocycles. The van der Waals surface area contributed by atoms with Crippen LogP contribution in [0.1, 0.15) is 16.2 Å². The van der Waals surface area contributed by atoms with Crippen molar-refractivity contribution >= 4 is 16.9 Å². The van der Waals surface area contributed by atoms with Gasteiger partial charge < -0.3 is 9.73 Å². The van der Waals surface area contributed by atoms with E-state index in [1.165, 1.54) is 6.07 Å². The molecular formula is C19H14N4O3. The van der Waals surface area contributed by atoms with Gasteiger partial charge in [-0.25, -0.2) is 9.78 Å². The molecule has 0 saturated carbocycles. The predicted molar refractivity (Wildman–Crippen MR) is 95.5 cm³/mol. The summed E-state index contributed by atoms with van der Waals surface area (Å²) in [5.41, 5.74) is 0.587. The molecular weight excluding hydrogens is 332 g/mol. The standard InChI is InChI=1S/C19H14N4O3/c24-18(14-10-13-8-4-5-9-15(13)26-19(14)25)20-11-16-21-17(23-22-16)12-6-2-1-3-7-12/h1-10H,11H2,(H,20,24)(H,21,22,23). The molecule has 7 heteroatoms. The topological polar surface area (TPSA) is 101 Å². The Morgan fingerprint density at radius 2 is 1.85 bits per heavy atom. The van der Waals surface area contributed by atoms with Crippen molar-refractivity contribution in [2.24, 2.45) is 0 Å². The summed E-state index contributed by atoms with van der Waals surface area (Å²) in [5.74, 6) is 0.504. The van der Waals surface area contributed by atoms with Crippen LogP contribution in [0, 0.1) is 0 Å². The van der Waals surface area contributed by atoms with Gasteiger partial charge in [0.1, 0.15) is 17.0 Å². The number of para-hydroxylation sites is 1. The second-order valence-electron chi connectivity index (χ2n) is 5.64. The first kappa shape index (κ1) is 15.8. The van der Waals surface area contributed by atoms with Gasteiger partial charge in [0.15, 0.2) is 5.82 Å². The van der Waals surface area contributed by atoms with Crippen LogP contribution in [0.4, 0.5) is 0 Å². The van der Waals surface area contributed by atoms with Crippen molar-refractivity contribution in [1.29, 1.82) is 0 Å². The Balaban J connectivity index is 1.50. The third kappa shape index (κ3) is 3.10. The van der Waals surface area contributed by atoms with Crippen molar-refractivity contribution < 1.29 is 9.21 Å². The molecule has 0 fully saturated rings. The lowest BCUT2D eigenvalue weighted by atomic mass is 10.2. The number of fused-ring (bicyclic) bond motifs is 1. The zero-order valence-electron chi connectivity index (χ0n) is 13.6. The highest BCUT2D eigenvalue weighted by Crippen LogP contribution is 2.14. The molecule has 2 aromatic carbocycles. The lowest BCUT2D eigenvalue weighted by molar-refractivity contribution is 0.0946. The zero-order chi connectivity index (χ0) is 17.9. The summed E-state index contributed by atoms with van der Waals surface area (Å²) in [6, 6.07) is 18.0. The molecule has 7 nitrogen and oxygen atoms in total. The minimum Gasteiger partial charge on any atom is -0.422 e. The first-order valence-electron chi connectivity index (χ1n) is 7.98. The summed E-state index contributed by atoms with van der Waals surface area (Å²) < 4.78 is 5.18. The van der Waals surface area contributed by atoms with Crippen molar-refractivity contribution in [3.05, 3.63) is 82.5 Å². The lowest BCUT2D eigenvalue weighted by Crippen LogP contribution is -2.28.